The summed E-state index contributed by atoms with van der Waals surface area (Å²) >= 11 is 0. The van der Waals surface area contributed by atoms with Crippen LogP contribution in [0.2, 0.25) is 18.1 Å². The van der Waals surface area contributed by atoms with E-state index >= 15 is 0 Å². The van der Waals surface area contributed by atoms with Crippen LogP contribution in [0.4, 0.5) is 13.2 Å². The molecular weight excluding hydrogens is 377 g/mol. The molecule has 28 heavy (non-hydrogen) atoms. The van der Waals surface area contributed by atoms with E-state index in [4.69, 9.17) is 0 Å². The van der Waals surface area contributed by atoms with Crippen molar-refractivity contribution in [2.45, 2.75) is 69.7 Å². The second-order valence-corrected chi connectivity index (χ2v) is 10.6. The first-order valence-electron chi connectivity index (χ1n) is 10.3. The maximum atomic E-state index is 14.2. The normalized spacial score (nSPS) is 15.9. The topological polar surface area (TPSA) is 9.23 Å². The molecular formula is C23H28F3OSi. The van der Waals surface area contributed by atoms with E-state index in [0.717, 1.165) is 5.56 Å². The summed E-state index contributed by atoms with van der Waals surface area (Å²) in [6, 6.07) is 16.5. The summed E-state index contributed by atoms with van der Waals surface area (Å²) in [6.07, 6.45) is 6.40. The van der Waals surface area contributed by atoms with E-state index in [1.54, 1.807) is 6.07 Å². The average molecular weight is 406 g/mol. The largest absolute Gasteiger partial charge is 0.432 e. The highest BCUT2D eigenvalue weighted by Crippen LogP contribution is 2.40. The second-order valence-electron chi connectivity index (χ2n) is 7.59. The molecule has 1 fully saturated rings. The van der Waals surface area contributed by atoms with Crippen molar-refractivity contribution in [1.29, 1.82) is 0 Å². The maximum absolute atomic E-state index is 14.2. The number of halogens is 3. The van der Waals surface area contributed by atoms with Gasteiger partial charge in [0.25, 0.3) is 0 Å². The molecule has 1 nitrogen and oxygen atoms in total. The summed E-state index contributed by atoms with van der Waals surface area (Å²) in [5.41, 5.74) is 2.96. The Bertz CT molecular complexity index is 757. The standard InChI is InChI=1S/C23H28F3OSi/c1-2-3-6-13-28-14-11-17(12-15-28)19-7-4-5-8-20(19)18-9-10-22(21(24)16-18)27-23(25)26/h4-5,7-10,16-17,23H,2-3,6,11-15H2,1H3. The van der Waals surface area contributed by atoms with Crippen molar-refractivity contribution in [2.24, 2.45) is 0 Å². The van der Waals surface area contributed by atoms with Gasteiger partial charge in [-0.05, 0) is 47.6 Å². The summed E-state index contributed by atoms with van der Waals surface area (Å²) in [5.74, 6) is -0.665. The third-order valence-corrected chi connectivity index (χ3v) is 8.74. The molecule has 1 heterocycles. The van der Waals surface area contributed by atoms with Gasteiger partial charge in [0, 0.05) is 8.80 Å². The molecule has 5 heteroatoms. The van der Waals surface area contributed by atoms with Crippen molar-refractivity contribution in [3.8, 4) is 16.9 Å². The van der Waals surface area contributed by atoms with Gasteiger partial charge in [-0.3, -0.25) is 0 Å². The Hall–Kier alpha value is -1.75. The molecule has 0 atom stereocenters. The molecule has 0 unspecified atom stereocenters. The fraction of sp³-hybridized carbons (Fsp3) is 0.478. The SMILES string of the molecule is CCCCC[Si]1CCC(c2ccccc2-c2ccc(OC(F)F)c(F)c2)CC1. The summed E-state index contributed by atoms with van der Waals surface area (Å²) in [4.78, 5) is 0. The first-order chi connectivity index (χ1) is 13.6. The van der Waals surface area contributed by atoms with E-state index in [-0.39, 0.29) is 8.80 Å². The van der Waals surface area contributed by atoms with Gasteiger partial charge in [-0.25, -0.2) is 4.39 Å². The van der Waals surface area contributed by atoms with Gasteiger partial charge in [0.05, 0.1) is 0 Å². The molecule has 151 valence electrons. The zero-order chi connectivity index (χ0) is 19.9. The van der Waals surface area contributed by atoms with Crippen LogP contribution in [0.5, 0.6) is 5.75 Å². The third-order valence-electron chi connectivity index (χ3n) is 5.69. The number of alkyl halides is 2. The molecule has 1 aliphatic heterocycles. The highest BCUT2D eigenvalue weighted by molar-refractivity contribution is 6.59. The van der Waals surface area contributed by atoms with Gasteiger partial charge in [-0.15, -0.1) is 0 Å². The zero-order valence-electron chi connectivity index (χ0n) is 16.4. The number of ether oxygens (including phenoxy) is 1. The van der Waals surface area contributed by atoms with Crippen LogP contribution < -0.4 is 4.74 Å². The van der Waals surface area contributed by atoms with E-state index < -0.39 is 18.2 Å². The van der Waals surface area contributed by atoms with Gasteiger partial charge in [0.15, 0.2) is 11.6 Å². The van der Waals surface area contributed by atoms with Gasteiger partial charge >= 0.3 is 6.61 Å². The Morgan fingerprint density at radius 2 is 1.82 bits per heavy atom. The van der Waals surface area contributed by atoms with Gasteiger partial charge in [0.1, 0.15) is 0 Å². The summed E-state index contributed by atoms with van der Waals surface area (Å²) < 4.78 is 43.2. The zero-order valence-corrected chi connectivity index (χ0v) is 17.4. The van der Waals surface area contributed by atoms with Crippen molar-refractivity contribution in [3.63, 3.8) is 0 Å². The van der Waals surface area contributed by atoms with Crippen molar-refractivity contribution in [2.75, 3.05) is 0 Å². The molecule has 3 rings (SSSR count). The van der Waals surface area contributed by atoms with Gasteiger partial charge in [0.2, 0.25) is 0 Å². The Labute approximate surface area is 167 Å². The number of rotatable bonds is 8. The molecule has 2 aromatic rings. The molecule has 2 aromatic carbocycles. The van der Waals surface area contributed by atoms with Crippen LogP contribution in [0.3, 0.4) is 0 Å². The van der Waals surface area contributed by atoms with Crippen molar-refractivity contribution < 1.29 is 17.9 Å². The smallest absolute Gasteiger partial charge is 0.387 e. The first kappa shape index (κ1) is 21.0. The van der Waals surface area contributed by atoms with E-state index in [1.807, 2.05) is 18.2 Å². The van der Waals surface area contributed by atoms with E-state index in [9.17, 15) is 13.2 Å². The van der Waals surface area contributed by atoms with E-state index in [0.29, 0.717) is 11.5 Å². The van der Waals surface area contributed by atoms with Crippen LogP contribution in [0.25, 0.3) is 11.1 Å². The van der Waals surface area contributed by atoms with Crippen LogP contribution in [0.1, 0.15) is 50.5 Å². The fourth-order valence-corrected chi connectivity index (χ4v) is 7.20. The van der Waals surface area contributed by atoms with Gasteiger partial charge in [-0.1, -0.05) is 74.7 Å². The van der Waals surface area contributed by atoms with Gasteiger partial charge < -0.3 is 4.74 Å². The first-order valence-corrected chi connectivity index (χ1v) is 12.4. The average Bonchev–Trinajstić information content (AvgIpc) is 2.70. The van der Waals surface area contributed by atoms with Crippen LogP contribution in [0, 0.1) is 5.82 Å². The molecule has 1 aliphatic rings. The molecule has 0 amide bonds. The monoisotopic (exact) mass is 405 g/mol. The predicted octanol–water partition coefficient (Wildman–Crippen LogP) is 7.66. The lowest BCUT2D eigenvalue weighted by Gasteiger charge is -2.29. The van der Waals surface area contributed by atoms with Gasteiger partial charge in [-0.2, -0.15) is 8.78 Å². The van der Waals surface area contributed by atoms with Crippen LogP contribution >= 0.6 is 0 Å². The van der Waals surface area contributed by atoms with Crippen molar-refractivity contribution in [3.05, 3.63) is 53.8 Å². The Morgan fingerprint density at radius 1 is 1.07 bits per heavy atom. The lowest BCUT2D eigenvalue weighted by Crippen LogP contribution is -2.20. The number of benzene rings is 2. The highest BCUT2D eigenvalue weighted by atomic mass is 28.3. The minimum atomic E-state index is -3.02. The van der Waals surface area contributed by atoms with E-state index in [2.05, 4.69) is 17.7 Å². The number of hydrogen-bond donors (Lipinski definition) is 0. The lowest BCUT2D eigenvalue weighted by molar-refractivity contribution is -0.0521. The molecule has 0 saturated carbocycles. The molecule has 1 radical (unpaired) electrons. The minimum absolute atomic E-state index is 0.208. The van der Waals surface area contributed by atoms with E-state index in [1.165, 1.54) is 67.9 Å². The molecule has 0 N–H and O–H groups in total. The van der Waals surface area contributed by atoms with Crippen molar-refractivity contribution in [1.82, 2.24) is 0 Å². The highest BCUT2D eigenvalue weighted by Gasteiger charge is 2.25. The summed E-state index contributed by atoms with van der Waals surface area (Å²) in [5, 5.41) is 0. The molecule has 0 aliphatic carbocycles. The summed E-state index contributed by atoms with van der Waals surface area (Å²) in [6.45, 7) is -0.775. The lowest BCUT2D eigenvalue weighted by atomic mass is 9.87. The second kappa shape index (κ2) is 10.1. The Kier molecular flexibility index (Phi) is 7.60. The molecule has 0 bridgehead atoms. The number of hydrogen-bond acceptors (Lipinski definition) is 1. The fourth-order valence-electron chi connectivity index (χ4n) is 4.19. The molecule has 0 spiro atoms. The predicted molar refractivity (Wildman–Crippen MR) is 110 cm³/mol. The number of unbranched alkanes of at least 4 members (excludes halogenated alkanes) is 2. The quantitative estimate of drug-likeness (QED) is 0.324. The molecule has 1 saturated heterocycles. The van der Waals surface area contributed by atoms with Crippen LogP contribution in [-0.4, -0.2) is 15.4 Å². The third kappa shape index (κ3) is 5.40. The minimum Gasteiger partial charge on any atom is -0.432 e. The van der Waals surface area contributed by atoms with Crippen LogP contribution in [0.15, 0.2) is 42.5 Å². The maximum Gasteiger partial charge on any atom is 0.387 e. The molecule has 0 aromatic heterocycles. The Morgan fingerprint density at radius 3 is 2.50 bits per heavy atom. The summed E-state index contributed by atoms with van der Waals surface area (Å²) in [7, 11) is -0.208. The van der Waals surface area contributed by atoms with Crippen molar-refractivity contribution >= 4 is 8.80 Å². The Balaban J connectivity index is 1.73. The van der Waals surface area contributed by atoms with Crippen LogP contribution in [-0.2, 0) is 0 Å².